The number of hydrogen-bond donors (Lipinski definition) is 3. The second-order valence-corrected chi connectivity index (χ2v) is 3.93. The van der Waals surface area contributed by atoms with Gasteiger partial charge in [0.1, 0.15) is 5.17 Å². The molecule has 0 bridgehead atoms. The van der Waals surface area contributed by atoms with Gasteiger partial charge in [-0.15, -0.1) is 12.6 Å². The van der Waals surface area contributed by atoms with Gasteiger partial charge in [0.05, 0.1) is 0 Å². The average molecular weight is 258 g/mol. The summed E-state index contributed by atoms with van der Waals surface area (Å²) in [6.45, 7) is 0. The Morgan fingerprint density at radius 3 is 1.44 bits per heavy atom. The number of ketones is 1. The summed E-state index contributed by atoms with van der Waals surface area (Å²) in [7, 11) is 0. The third-order valence-electron chi connectivity index (χ3n) is 2.07. The topological polar surface area (TPSA) is 66.9 Å². The maximum atomic E-state index is 11.8. The van der Waals surface area contributed by atoms with E-state index in [1.807, 2.05) is 60.7 Å². The Labute approximate surface area is 112 Å². The van der Waals surface area contributed by atoms with E-state index in [0.717, 1.165) is 11.1 Å². The van der Waals surface area contributed by atoms with Crippen molar-refractivity contribution in [1.82, 2.24) is 0 Å². The van der Waals surface area contributed by atoms with Gasteiger partial charge in [-0.1, -0.05) is 60.7 Å². The lowest BCUT2D eigenvalue weighted by Crippen LogP contribution is -1.99. The van der Waals surface area contributed by atoms with Crippen LogP contribution in [0.1, 0.15) is 15.9 Å². The smallest absolute Gasteiger partial charge is 0.193 e. The van der Waals surface area contributed by atoms with E-state index in [0.29, 0.717) is 0 Å². The molecule has 0 heterocycles. The molecule has 3 N–H and O–H groups in total. The van der Waals surface area contributed by atoms with E-state index in [1.54, 1.807) is 0 Å². The quantitative estimate of drug-likeness (QED) is 0.335. The number of thiol groups is 1. The number of carbonyl (C=O) groups is 1. The largest absolute Gasteiger partial charge is 0.379 e. The van der Waals surface area contributed by atoms with Gasteiger partial charge < -0.3 is 5.73 Å². The van der Waals surface area contributed by atoms with E-state index in [1.165, 1.54) is 0 Å². The van der Waals surface area contributed by atoms with Crippen molar-refractivity contribution in [3.05, 3.63) is 71.8 Å². The molecule has 0 saturated carbocycles. The Morgan fingerprint density at radius 2 is 1.17 bits per heavy atom. The van der Waals surface area contributed by atoms with Gasteiger partial charge in [0.25, 0.3) is 0 Å². The minimum absolute atomic E-state index is 0.0752. The fourth-order valence-electron chi connectivity index (χ4n) is 1.35. The van der Waals surface area contributed by atoms with Gasteiger partial charge >= 0.3 is 0 Å². The summed E-state index contributed by atoms with van der Waals surface area (Å²) < 4.78 is 0. The van der Waals surface area contributed by atoms with E-state index in [-0.39, 0.29) is 11.0 Å². The van der Waals surface area contributed by atoms with Gasteiger partial charge in [-0.3, -0.25) is 10.2 Å². The predicted molar refractivity (Wildman–Crippen MR) is 77.2 cm³/mol. The van der Waals surface area contributed by atoms with Crippen LogP contribution in [0.25, 0.3) is 0 Å². The van der Waals surface area contributed by atoms with Gasteiger partial charge in [0.2, 0.25) is 0 Å². The maximum Gasteiger partial charge on any atom is 0.193 e. The van der Waals surface area contributed by atoms with Crippen molar-refractivity contribution >= 4 is 23.6 Å². The molecule has 0 aliphatic carbocycles. The summed E-state index contributed by atoms with van der Waals surface area (Å²) >= 11 is 3.33. The second-order valence-electron chi connectivity index (χ2n) is 3.45. The molecule has 2 aromatic carbocycles. The molecule has 0 aliphatic heterocycles. The van der Waals surface area contributed by atoms with Crippen LogP contribution in [0.3, 0.4) is 0 Å². The lowest BCUT2D eigenvalue weighted by Gasteiger charge is -1.99. The third kappa shape index (κ3) is 4.84. The molecule has 2 aromatic rings. The number of rotatable bonds is 2. The van der Waals surface area contributed by atoms with Crippen molar-refractivity contribution in [2.75, 3.05) is 0 Å². The van der Waals surface area contributed by atoms with Crippen LogP contribution in [-0.2, 0) is 0 Å². The van der Waals surface area contributed by atoms with Gasteiger partial charge in [0.15, 0.2) is 5.78 Å². The first kappa shape index (κ1) is 14.0. The molecule has 0 aliphatic rings. The molecule has 0 spiro atoms. The van der Waals surface area contributed by atoms with Crippen LogP contribution >= 0.6 is 12.6 Å². The van der Waals surface area contributed by atoms with Crippen LogP contribution in [0, 0.1) is 5.41 Å². The monoisotopic (exact) mass is 258 g/mol. The van der Waals surface area contributed by atoms with Crippen molar-refractivity contribution in [3.63, 3.8) is 0 Å². The predicted octanol–water partition coefficient (Wildman–Crippen LogP) is 2.73. The van der Waals surface area contributed by atoms with Gasteiger partial charge in [-0.2, -0.15) is 0 Å². The average Bonchev–Trinajstić information content (AvgIpc) is 2.39. The first-order valence-corrected chi connectivity index (χ1v) is 5.73. The standard InChI is InChI=1S/C13H10O.CH4N2S/c14-13(11-7-3-1-4-8-11)12-9-5-2-6-10-12;2-1(3)4/h1-10H;(H4,2,3,4). The first-order chi connectivity index (χ1) is 8.61. The lowest BCUT2D eigenvalue weighted by atomic mass is 10.0. The Balaban J connectivity index is 0.000000357. The van der Waals surface area contributed by atoms with Gasteiger partial charge in [0, 0.05) is 11.1 Å². The van der Waals surface area contributed by atoms with Crippen LogP contribution < -0.4 is 5.73 Å². The lowest BCUT2D eigenvalue weighted by molar-refractivity contribution is 0.103. The molecule has 0 atom stereocenters. The molecular formula is C14H14N2OS. The van der Waals surface area contributed by atoms with E-state index in [4.69, 9.17) is 5.41 Å². The van der Waals surface area contributed by atoms with Crippen molar-refractivity contribution in [2.24, 2.45) is 5.73 Å². The highest BCUT2D eigenvalue weighted by Gasteiger charge is 2.06. The number of nitrogens with one attached hydrogen (secondary N) is 1. The maximum absolute atomic E-state index is 11.8. The zero-order valence-electron chi connectivity index (χ0n) is 9.71. The Bertz CT molecular complexity index is 466. The summed E-state index contributed by atoms with van der Waals surface area (Å²) in [5.41, 5.74) is 6.03. The molecule has 0 amide bonds. The fourth-order valence-corrected chi connectivity index (χ4v) is 1.35. The summed E-state index contributed by atoms with van der Waals surface area (Å²) in [5, 5.41) is 6.00. The first-order valence-electron chi connectivity index (χ1n) is 5.29. The number of carbonyl (C=O) groups excluding carboxylic acids is 1. The molecule has 0 radical (unpaired) electrons. The highest BCUT2D eigenvalue weighted by Crippen LogP contribution is 2.08. The zero-order chi connectivity index (χ0) is 13.4. The SMILES string of the molecule is N=C(N)S.O=C(c1ccccc1)c1ccccc1. The van der Waals surface area contributed by atoms with E-state index in [9.17, 15) is 4.79 Å². The molecule has 92 valence electrons. The zero-order valence-corrected chi connectivity index (χ0v) is 10.6. The number of amidine groups is 1. The van der Waals surface area contributed by atoms with Crippen molar-refractivity contribution < 1.29 is 4.79 Å². The van der Waals surface area contributed by atoms with Crippen molar-refractivity contribution in [2.45, 2.75) is 0 Å². The molecule has 0 fully saturated rings. The molecule has 3 nitrogen and oxygen atoms in total. The highest BCUT2D eigenvalue weighted by atomic mass is 32.1. The van der Waals surface area contributed by atoms with E-state index in [2.05, 4.69) is 18.4 Å². The molecule has 2 rings (SSSR count). The minimum atomic E-state index is -0.139. The third-order valence-corrected chi connectivity index (χ3v) is 2.07. The van der Waals surface area contributed by atoms with Crippen LogP contribution in [0.2, 0.25) is 0 Å². The normalized spacial score (nSPS) is 8.94. The fraction of sp³-hybridized carbons (Fsp3) is 0. The molecule has 0 unspecified atom stereocenters. The number of hydrogen-bond acceptors (Lipinski definition) is 2. The van der Waals surface area contributed by atoms with Gasteiger partial charge in [-0.05, 0) is 0 Å². The number of nitrogens with two attached hydrogens (primary N) is 1. The van der Waals surface area contributed by atoms with E-state index < -0.39 is 0 Å². The van der Waals surface area contributed by atoms with Crippen LogP contribution in [0.4, 0.5) is 0 Å². The van der Waals surface area contributed by atoms with E-state index >= 15 is 0 Å². The second kappa shape index (κ2) is 7.29. The number of benzene rings is 2. The Kier molecular flexibility index (Phi) is 5.67. The van der Waals surface area contributed by atoms with Crippen LogP contribution in [0.5, 0.6) is 0 Å². The van der Waals surface area contributed by atoms with Crippen molar-refractivity contribution in [1.29, 1.82) is 5.41 Å². The Hall–Kier alpha value is -2.07. The summed E-state index contributed by atoms with van der Waals surface area (Å²) in [4.78, 5) is 11.8. The molecule has 0 saturated heterocycles. The molecule has 0 aromatic heterocycles. The Morgan fingerprint density at radius 1 is 0.889 bits per heavy atom. The van der Waals surface area contributed by atoms with Crippen LogP contribution in [0.15, 0.2) is 60.7 Å². The molecular weight excluding hydrogens is 244 g/mol. The summed E-state index contributed by atoms with van der Waals surface area (Å²) in [5.74, 6) is 0.0752. The molecule has 4 heteroatoms. The molecule has 18 heavy (non-hydrogen) atoms. The highest BCUT2D eigenvalue weighted by molar-refractivity contribution is 7.96. The van der Waals surface area contributed by atoms with Crippen LogP contribution in [-0.4, -0.2) is 11.0 Å². The minimum Gasteiger partial charge on any atom is -0.379 e. The van der Waals surface area contributed by atoms with Gasteiger partial charge in [-0.25, -0.2) is 0 Å². The summed E-state index contributed by atoms with van der Waals surface area (Å²) in [6.07, 6.45) is 0. The summed E-state index contributed by atoms with van der Waals surface area (Å²) in [6, 6.07) is 18.6. The van der Waals surface area contributed by atoms with Crippen molar-refractivity contribution in [3.8, 4) is 0 Å².